The monoisotopic (exact) mass is 273 g/mol. The fourth-order valence-electron chi connectivity index (χ4n) is 1.72. The number of nitrogens with one attached hydrogen (secondary N) is 2. The van der Waals surface area contributed by atoms with Crippen LogP contribution in [0.25, 0.3) is 0 Å². The molecule has 0 amide bonds. The van der Waals surface area contributed by atoms with E-state index in [0.29, 0.717) is 12.4 Å². The third kappa shape index (κ3) is 3.18. The summed E-state index contributed by atoms with van der Waals surface area (Å²) in [6.07, 6.45) is 4.24. The van der Waals surface area contributed by atoms with Gasteiger partial charge in [0.15, 0.2) is 0 Å². The van der Waals surface area contributed by atoms with Crippen LogP contribution in [0.15, 0.2) is 12.4 Å². The molecular weight excluding hydrogens is 254 g/mol. The van der Waals surface area contributed by atoms with Gasteiger partial charge in [-0.05, 0) is 13.8 Å². The van der Waals surface area contributed by atoms with Crippen LogP contribution in [-0.4, -0.2) is 19.9 Å². The minimum absolute atomic E-state index is 0.554. The predicted molar refractivity (Wildman–Crippen MR) is 78.1 cm³/mol. The van der Waals surface area contributed by atoms with E-state index in [-0.39, 0.29) is 0 Å². The molecule has 0 aromatic carbocycles. The van der Waals surface area contributed by atoms with Gasteiger partial charge in [0.2, 0.25) is 0 Å². The number of nitrogen functional groups attached to an aromatic ring is 1. The maximum absolute atomic E-state index is 5.48. The largest absolute Gasteiger partial charge is 0.364 e. The Morgan fingerprint density at radius 2 is 1.85 bits per heavy atom. The Bertz CT molecular complexity index is 580. The Morgan fingerprint density at radius 1 is 1.10 bits per heavy atom. The van der Waals surface area contributed by atoms with Crippen LogP contribution in [-0.2, 0) is 13.0 Å². The van der Waals surface area contributed by atoms with Crippen molar-refractivity contribution in [2.75, 3.05) is 10.7 Å². The smallest absolute Gasteiger partial charge is 0.148 e. The van der Waals surface area contributed by atoms with Gasteiger partial charge in [-0.3, -0.25) is 9.97 Å². The molecule has 0 aliphatic rings. The molecular formula is C13H19N7. The molecule has 2 aromatic rings. The van der Waals surface area contributed by atoms with Crippen LogP contribution in [0, 0.1) is 13.8 Å². The molecule has 7 nitrogen and oxygen atoms in total. The van der Waals surface area contributed by atoms with Gasteiger partial charge < -0.3 is 10.7 Å². The zero-order valence-electron chi connectivity index (χ0n) is 11.9. The van der Waals surface area contributed by atoms with E-state index in [1.165, 1.54) is 0 Å². The number of aromatic nitrogens is 4. The van der Waals surface area contributed by atoms with Gasteiger partial charge in [-0.25, -0.2) is 15.8 Å². The second kappa shape index (κ2) is 6.25. The summed E-state index contributed by atoms with van der Waals surface area (Å²) >= 11 is 0. The average Bonchev–Trinajstić information content (AvgIpc) is 2.48. The van der Waals surface area contributed by atoms with Crippen molar-refractivity contribution in [2.24, 2.45) is 5.84 Å². The highest BCUT2D eigenvalue weighted by Crippen LogP contribution is 2.19. The molecule has 0 bridgehead atoms. The third-order valence-corrected chi connectivity index (χ3v) is 2.92. The van der Waals surface area contributed by atoms with E-state index < -0.39 is 0 Å². The quantitative estimate of drug-likeness (QED) is 0.558. The highest BCUT2D eigenvalue weighted by atomic mass is 15.3. The second-order valence-electron chi connectivity index (χ2n) is 4.46. The van der Waals surface area contributed by atoms with Crippen molar-refractivity contribution in [3.8, 4) is 0 Å². The lowest BCUT2D eigenvalue weighted by Gasteiger charge is -2.12. The van der Waals surface area contributed by atoms with Crippen molar-refractivity contribution in [2.45, 2.75) is 33.7 Å². The molecule has 0 aliphatic heterocycles. The highest BCUT2D eigenvalue weighted by Gasteiger charge is 2.09. The third-order valence-electron chi connectivity index (χ3n) is 2.92. The molecule has 20 heavy (non-hydrogen) atoms. The molecule has 2 heterocycles. The van der Waals surface area contributed by atoms with Crippen molar-refractivity contribution in [3.05, 3.63) is 35.2 Å². The summed E-state index contributed by atoms with van der Waals surface area (Å²) < 4.78 is 0. The van der Waals surface area contributed by atoms with Gasteiger partial charge in [0, 0.05) is 18.2 Å². The molecule has 106 valence electrons. The topological polar surface area (TPSA) is 102 Å². The standard InChI is InChI=1S/C13H19N7/c1-4-11-18-12(9(3)13(19-11)20-14)17-7-10-6-15-8(2)5-16-10/h5-6H,4,7,14H2,1-3H3,(H2,17,18,19,20). The van der Waals surface area contributed by atoms with E-state index in [1.54, 1.807) is 12.4 Å². The number of hydrazine groups is 1. The summed E-state index contributed by atoms with van der Waals surface area (Å²) in [7, 11) is 0. The lowest BCUT2D eigenvalue weighted by Crippen LogP contribution is -2.15. The Kier molecular flexibility index (Phi) is 4.41. The van der Waals surface area contributed by atoms with Gasteiger partial charge in [-0.2, -0.15) is 0 Å². The summed E-state index contributed by atoms with van der Waals surface area (Å²) in [6.45, 7) is 6.38. The van der Waals surface area contributed by atoms with Crippen LogP contribution in [0.1, 0.15) is 29.7 Å². The van der Waals surface area contributed by atoms with E-state index in [2.05, 4.69) is 30.7 Å². The fraction of sp³-hybridized carbons (Fsp3) is 0.385. The number of nitrogens with zero attached hydrogens (tertiary/aromatic N) is 4. The number of aryl methyl sites for hydroxylation is 2. The van der Waals surface area contributed by atoms with E-state index in [9.17, 15) is 0 Å². The van der Waals surface area contributed by atoms with Crippen molar-refractivity contribution in [1.82, 2.24) is 19.9 Å². The summed E-state index contributed by atoms with van der Waals surface area (Å²) in [4.78, 5) is 17.3. The number of anilines is 2. The minimum Gasteiger partial charge on any atom is -0.364 e. The number of nitrogens with two attached hydrogens (primary N) is 1. The first kappa shape index (κ1) is 14.1. The molecule has 0 fully saturated rings. The Balaban J connectivity index is 2.18. The number of rotatable bonds is 5. The first-order valence-electron chi connectivity index (χ1n) is 6.49. The molecule has 0 aliphatic carbocycles. The summed E-state index contributed by atoms with van der Waals surface area (Å²) in [5, 5.41) is 3.25. The molecule has 0 saturated carbocycles. The summed E-state index contributed by atoms with van der Waals surface area (Å²) in [5.41, 5.74) is 5.23. The van der Waals surface area contributed by atoms with E-state index in [1.807, 2.05) is 20.8 Å². The van der Waals surface area contributed by atoms with E-state index in [0.717, 1.165) is 35.0 Å². The van der Waals surface area contributed by atoms with Crippen LogP contribution in [0.4, 0.5) is 11.6 Å². The average molecular weight is 273 g/mol. The molecule has 0 atom stereocenters. The summed E-state index contributed by atoms with van der Waals surface area (Å²) in [5.74, 6) is 7.60. The molecule has 0 radical (unpaired) electrons. The first-order chi connectivity index (χ1) is 9.63. The van der Waals surface area contributed by atoms with Gasteiger partial charge in [0.1, 0.15) is 17.5 Å². The Hall–Kier alpha value is -2.28. The van der Waals surface area contributed by atoms with Crippen LogP contribution in [0.5, 0.6) is 0 Å². The fourth-order valence-corrected chi connectivity index (χ4v) is 1.72. The molecule has 0 saturated heterocycles. The SMILES string of the molecule is CCc1nc(NN)c(C)c(NCc2cnc(C)cn2)n1. The molecule has 0 unspecified atom stereocenters. The number of hydrogen-bond donors (Lipinski definition) is 3. The van der Waals surface area contributed by atoms with E-state index >= 15 is 0 Å². The Morgan fingerprint density at radius 3 is 2.45 bits per heavy atom. The van der Waals surface area contributed by atoms with Crippen LogP contribution >= 0.6 is 0 Å². The van der Waals surface area contributed by atoms with Gasteiger partial charge in [-0.1, -0.05) is 6.92 Å². The van der Waals surface area contributed by atoms with Gasteiger partial charge in [0.05, 0.1) is 24.1 Å². The molecule has 0 spiro atoms. The maximum atomic E-state index is 5.48. The highest BCUT2D eigenvalue weighted by molar-refractivity contribution is 5.56. The van der Waals surface area contributed by atoms with Crippen LogP contribution in [0.3, 0.4) is 0 Å². The van der Waals surface area contributed by atoms with Crippen molar-refractivity contribution >= 4 is 11.6 Å². The minimum atomic E-state index is 0.554. The zero-order valence-corrected chi connectivity index (χ0v) is 11.9. The normalized spacial score (nSPS) is 10.4. The lowest BCUT2D eigenvalue weighted by atomic mass is 10.3. The predicted octanol–water partition coefficient (Wildman–Crippen LogP) is 1.34. The lowest BCUT2D eigenvalue weighted by molar-refractivity contribution is 0.911. The maximum Gasteiger partial charge on any atom is 0.148 e. The zero-order chi connectivity index (χ0) is 14.5. The molecule has 4 N–H and O–H groups in total. The van der Waals surface area contributed by atoms with Gasteiger partial charge >= 0.3 is 0 Å². The molecule has 7 heteroatoms. The molecule has 2 aromatic heterocycles. The van der Waals surface area contributed by atoms with Crippen molar-refractivity contribution in [3.63, 3.8) is 0 Å². The Labute approximate surface area is 118 Å². The molecule has 2 rings (SSSR count). The van der Waals surface area contributed by atoms with E-state index in [4.69, 9.17) is 5.84 Å². The van der Waals surface area contributed by atoms with Crippen LogP contribution < -0.4 is 16.6 Å². The van der Waals surface area contributed by atoms with Crippen LogP contribution in [0.2, 0.25) is 0 Å². The first-order valence-corrected chi connectivity index (χ1v) is 6.49. The van der Waals surface area contributed by atoms with Crippen molar-refractivity contribution < 1.29 is 0 Å². The van der Waals surface area contributed by atoms with Gasteiger partial charge in [-0.15, -0.1) is 0 Å². The van der Waals surface area contributed by atoms with Crippen molar-refractivity contribution in [1.29, 1.82) is 0 Å². The van der Waals surface area contributed by atoms with Gasteiger partial charge in [0.25, 0.3) is 0 Å². The second-order valence-corrected chi connectivity index (χ2v) is 4.46. The number of hydrogen-bond acceptors (Lipinski definition) is 7. The summed E-state index contributed by atoms with van der Waals surface area (Å²) in [6, 6.07) is 0.